The Morgan fingerprint density at radius 2 is 1.41 bits per heavy atom. The lowest BCUT2D eigenvalue weighted by Gasteiger charge is -2.43. The summed E-state index contributed by atoms with van der Waals surface area (Å²) in [6.07, 6.45) is 1.23. The van der Waals surface area contributed by atoms with E-state index in [1.54, 1.807) is 14.2 Å². The molecule has 0 saturated carbocycles. The Hall–Kier alpha value is -3.45. The standard InChI is InChI=1S/C25H27N3O3S/c1-26(32(3,29)30)25-24(20-14-16-23(31-2)17-15-20)18-27(21-10-6-4-7-11-21)19-28(25)22-12-8-5-9-13-22/h4-17H,18-19H2,1-3H3. The van der Waals surface area contributed by atoms with Gasteiger partial charge in [-0.1, -0.05) is 48.5 Å². The topological polar surface area (TPSA) is 53.1 Å². The zero-order valence-corrected chi connectivity index (χ0v) is 19.3. The second-order valence-corrected chi connectivity index (χ2v) is 9.71. The minimum absolute atomic E-state index is 0.517. The van der Waals surface area contributed by atoms with Gasteiger partial charge in [-0.05, 0) is 42.0 Å². The third-order valence-corrected chi connectivity index (χ3v) is 6.78. The van der Waals surface area contributed by atoms with Crippen molar-refractivity contribution in [1.82, 2.24) is 4.31 Å². The second-order valence-electron chi connectivity index (χ2n) is 7.70. The molecule has 0 spiro atoms. The fourth-order valence-electron chi connectivity index (χ4n) is 3.87. The Kier molecular flexibility index (Phi) is 6.10. The average Bonchev–Trinajstić information content (AvgIpc) is 2.83. The van der Waals surface area contributed by atoms with Crippen molar-refractivity contribution in [3.05, 3.63) is 96.3 Å². The average molecular weight is 450 g/mol. The van der Waals surface area contributed by atoms with Crippen LogP contribution in [0.1, 0.15) is 5.56 Å². The van der Waals surface area contributed by atoms with Gasteiger partial charge in [-0.25, -0.2) is 8.42 Å². The number of rotatable bonds is 6. The van der Waals surface area contributed by atoms with Crippen LogP contribution in [-0.4, -0.2) is 46.3 Å². The van der Waals surface area contributed by atoms with E-state index in [0.717, 1.165) is 28.3 Å². The van der Waals surface area contributed by atoms with Crippen LogP contribution < -0.4 is 14.5 Å². The summed E-state index contributed by atoms with van der Waals surface area (Å²) in [6, 6.07) is 27.8. The zero-order chi connectivity index (χ0) is 22.7. The maximum atomic E-state index is 12.7. The molecule has 1 heterocycles. The number of anilines is 2. The number of sulfonamides is 1. The van der Waals surface area contributed by atoms with Gasteiger partial charge in [0.05, 0.1) is 20.0 Å². The molecular weight excluding hydrogens is 422 g/mol. The molecule has 32 heavy (non-hydrogen) atoms. The normalized spacial score (nSPS) is 14.5. The van der Waals surface area contributed by atoms with E-state index in [0.29, 0.717) is 19.0 Å². The predicted octanol–water partition coefficient (Wildman–Crippen LogP) is 4.24. The van der Waals surface area contributed by atoms with Gasteiger partial charge in [0.25, 0.3) is 0 Å². The molecule has 1 aliphatic heterocycles. The van der Waals surface area contributed by atoms with Crippen LogP contribution >= 0.6 is 0 Å². The lowest BCUT2D eigenvalue weighted by Crippen LogP contribution is -2.49. The fraction of sp³-hybridized carbons (Fsp3) is 0.200. The highest BCUT2D eigenvalue weighted by Crippen LogP contribution is 2.35. The molecule has 4 rings (SSSR count). The van der Waals surface area contributed by atoms with Gasteiger partial charge in [-0.2, -0.15) is 0 Å². The number of ether oxygens (including phenoxy) is 1. The van der Waals surface area contributed by atoms with E-state index in [9.17, 15) is 8.42 Å². The van der Waals surface area contributed by atoms with E-state index in [1.807, 2.05) is 72.8 Å². The SMILES string of the molecule is COc1ccc(C2=C(N(C)S(C)(=O)=O)N(c3ccccc3)CN(c3ccccc3)C2)cc1. The van der Waals surface area contributed by atoms with Crippen molar-refractivity contribution in [2.24, 2.45) is 0 Å². The Morgan fingerprint density at radius 3 is 1.94 bits per heavy atom. The summed E-state index contributed by atoms with van der Waals surface area (Å²) in [5.74, 6) is 1.40. The first-order valence-electron chi connectivity index (χ1n) is 10.3. The molecule has 0 unspecified atom stereocenters. The molecule has 0 N–H and O–H groups in total. The first-order valence-corrected chi connectivity index (χ1v) is 12.2. The maximum Gasteiger partial charge on any atom is 0.233 e. The van der Waals surface area contributed by atoms with E-state index < -0.39 is 10.0 Å². The van der Waals surface area contributed by atoms with E-state index in [2.05, 4.69) is 21.9 Å². The van der Waals surface area contributed by atoms with Gasteiger partial charge in [-0.3, -0.25) is 4.31 Å². The van der Waals surface area contributed by atoms with Crippen molar-refractivity contribution in [2.45, 2.75) is 0 Å². The summed E-state index contributed by atoms with van der Waals surface area (Å²) in [7, 11) is -0.244. The summed E-state index contributed by atoms with van der Waals surface area (Å²) in [5, 5.41) is 0. The Morgan fingerprint density at radius 1 is 0.844 bits per heavy atom. The molecule has 0 bridgehead atoms. The minimum atomic E-state index is -3.49. The van der Waals surface area contributed by atoms with Gasteiger partial charge in [-0.15, -0.1) is 0 Å². The molecule has 6 nitrogen and oxygen atoms in total. The number of nitrogens with zero attached hydrogens (tertiary/aromatic N) is 3. The number of methoxy groups -OCH3 is 1. The van der Waals surface area contributed by atoms with Crippen molar-refractivity contribution in [2.75, 3.05) is 43.4 Å². The number of benzene rings is 3. The monoisotopic (exact) mass is 449 g/mol. The van der Waals surface area contributed by atoms with Crippen LogP contribution in [-0.2, 0) is 10.0 Å². The Bertz CT molecular complexity index is 1190. The molecule has 166 valence electrons. The van der Waals surface area contributed by atoms with E-state index >= 15 is 0 Å². The van der Waals surface area contributed by atoms with Crippen molar-refractivity contribution in [1.29, 1.82) is 0 Å². The molecule has 1 aliphatic rings. The van der Waals surface area contributed by atoms with Crippen LogP contribution in [0.5, 0.6) is 5.75 Å². The van der Waals surface area contributed by atoms with Gasteiger partial charge in [0.15, 0.2) is 0 Å². The van der Waals surface area contributed by atoms with Gasteiger partial charge in [0.1, 0.15) is 11.6 Å². The molecule has 0 amide bonds. The van der Waals surface area contributed by atoms with Gasteiger partial charge >= 0.3 is 0 Å². The van der Waals surface area contributed by atoms with Crippen molar-refractivity contribution in [3.63, 3.8) is 0 Å². The molecule has 7 heteroatoms. The van der Waals surface area contributed by atoms with Crippen molar-refractivity contribution >= 4 is 27.0 Å². The van der Waals surface area contributed by atoms with Crippen LogP contribution in [0.3, 0.4) is 0 Å². The first kappa shape index (κ1) is 21.8. The zero-order valence-electron chi connectivity index (χ0n) is 18.5. The highest BCUT2D eigenvalue weighted by molar-refractivity contribution is 7.88. The molecule has 0 aliphatic carbocycles. The van der Waals surface area contributed by atoms with E-state index in [1.165, 1.54) is 10.6 Å². The predicted molar refractivity (Wildman–Crippen MR) is 130 cm³/mol. The van der Waals surface area contributed by atoms with Crippen LogP contribution in [0.25, 0.3) is 5.57 Å². The van der Waals surface area contributed by atoms with Crippen molar-refractivity contribution in [3.8, 4) is 5.75 Å². The quantitative estimate of drug-likeness (QED) is 0.564. The smallest absolute Gasteiger partial charge is 0.233 e. The van der Waals surface area contributed by atoms with Crippen LogP contribution in [0.2, 0.25) is 0 Å². The maximum absolute atomic E-state index is 12.7. The summed E-state index contributed by atoms with van der Waals surface area (Å²) in [6.45, 7) is 1.08. The number of para-hydroxylation sites is 2. The lowest BCUT2D eigenvalue weighted by molar-refractivity contribution is 0.414. The highest BCUT2D eigenvalue weighted by atomic mass is 32.2. The molecule has 3 aromatic carbocycles. The molecule has 3 aromatic rings. The van der Waals surface area contributed by atoms with Gasteiger partial charge < -0.3 is 14.5 Å². The first-order chi connectivity index (χ1) is 15.4. The van der Waals surface area contributed by atoms with Crippen LogP contribution in [0, 0.1) is 0 Å². The third-order valence-electron chi connectivity index (χ3n) is 5.61. The molecule has 0 radical (unpaired) electrons. The number of hydrogen-bond acceptors (Lipinski definition) is 5. The molecule has 0 fully saturated rings. The Labute approximate surface area is 190 Å². The molecule has 0 aromatic heterocycles. The van der Waals surface area contributed by atoms with Crippen LogP contribution in [0.15, 0.2) is 90.8 Å². The van der Waals surface area contributed by atoms with Gasteiger partial charge in [0.2, 0.25) is 10.0 Å². The third kappa shape index (κ3) is 4.43. The van der Waals surface area contributed by atoms with Crippen molar-refractivity contribution < 1.29 is 13.2 Å². The summed E-state index contributed by atoms with van der Waals surface area (Å²) >= 11 is 0. The number of hydrogen-bond donors (Lipinski definition) is 0. The molecular formula is C25H27N3O3S. The Balaban J connectivity index is 1.93. The van der Waals surface area contributed by atoms with E-state index in [-0.39, 0.29) is 0 Å². The lowest BCUT2D eigenvalue weighted by atomic mass is 10.0. The molecule has 0 saturated heterocycles. The summed E-state index contributed by atoms with van der Waals surface area (Å²) < 4.78 is 32.0. The van der Waals surface area contributed by atoms with E-state index in [4.69, 9.17) is 4.74 Å². The highest BCUT2D eigenvalue weighted by Gasteiger charge is 2.32. The second kappa shape index (κ2) is 8.96. The largest absolute Gasteiger partial charge is 0.497 e. The minimum Gasteiger partial charge on any atom is -0.497 e. The molecule has 0 atom stereocenters. The summed E-state index contributed by atoms with van der Waals surface area (Å²) in [5.41, 5.74) is 3.85. The van der Waals surface area contributed by atoms with Crippen LogP contribution in [0.4, 0.5) is 11.4 Å². The van der Waals surface area contributed by atoms with Gasteiger partial charge in [0, 0.05) is 30.5 Å². The summed E-state index contributed by atoms with van der Waals surface area (Å²) in [4.78, 5) is 4.29. The fourth-order valence-corrected chi connectivity index (χ4v) is 4.39.